The van der Waals surface area contributed by atoms with E-state index in [0.29, 0.717) is 6.04 Å². The van der Waals surface area contributed by atoms with Crippen LogP contribution in [0.15, 0.2) is 0 Å². The molecule has 12 heavy (non-hydrogen) atoms. The highest BCUT2D eigenvalue weighted by atomic mass is 16.5. The molecule has 3 heteroatoms. The molecule has 0 aliphatic heterocycles. The largest absolute Gasteiger partial charge is 0.383 e. The van der Waals surface area contributed by atoms with Crippen LogP contribution in [0.5, 0.6) is 0 Å². The SMILES string of the molecule is CCCOCCC(COC)NC. The quantitative estimate of drug-likeness (QED) is 0.559. The van der Waals surface area contributed by atoms with Crippen molar-refractivity contribution in [2.75, 3.05) is 34.0 Å². The Hall–Kier alpha value is -0.120. The summed E-state index contributed by atoms with van der Waals surface area (Å²) in [7, 11) is 3.67. The van der Waals surface area contributed by atoms with Gasteiger partial charge < -0.3 is 14.8 Å². The second-order valence-electron chi connectivity index (χ2n) is 2.84. The van der Waals surface area contributed by atoms with Crippen LogP contribution >= 0.6 is 0 Å². The molecule has 0 radical (unpaired) electrons. The molecule has 0 aromatic rings. The summed E-state index contributed by atoms with van der Waals surface area (Å²) in [6, 6.07) is 0.423. The monoisotopic (exact) mass is 175 g/mol. The minimum atomic E-state index is 0.423. The molecule has 0 aliphatic carbocycles. The number of hydrogen-bond donors (Lipinski definition) is 1. The first-order valence-corrected chi connectivity index (χ1v) is 4.59. The molecule has 0 spiro atoms. The summed E-state index contributed by atoms with van der Waals surface area (Å²) < 4.78 is 10.4. The maximum atomic E-state index is 5.37. The Morgan fingerprint density at radius 3 is 2.58 bits per heavy atom. The van der Waals surface area contributed by atoms with Crippen LogP contribution in [0.25, 0.3) is 0 Å². The first kappa shape index (κ1) is 11.9. The third kappa shape index (κ3) is 6.58. The van der Waals surface area contributed by atoms with E-state index in [-0.39, 0.29) is 0 Å². The lowest BCUT2D eigenvalue weighted by Gasteiger charge is -2.14. The van der Waals surface area contributed by atoms with Crippen LogP contribution in [0.2, 0.25) is 0 Å². The molecule has 0 bridgehead atoms. The minimum Gasteiger partial charge on any atom is -0.383 e. The number of likely N-dealkylation sites (N-methyl/N-ethyl adjacent to an activating group) is 1. The van der Waals surface area contributed by atoms with Crippen LogP contribution in [0.3, 0.4) is 0 Å². The second-order valence-corrected chi connectivity index (χ2v) is 2.84. The summed E-state index contributed by atoms with van der Waals surface area (Å²) >= 11 is 0. The minimum absolute atomic E-state index is 0.423. The van der Waals surface area contributed by atoms with Gasteiger partial charge >= 0.3 is 0 Å². The van der Waals surface area contributed by atoms with Crippen LogP contribution < -0.4 is 5.32 Å². The first-order valence-electron chi connectivity index (χ1n) is 4.59. The van der Waals surface area contributed by atoms with Gasteiger partial charge in [-0.1, -0.05) is 6.92 Å². The van der Waals surface area contributed by atoms with Crippen molar-refractivity contribution in [1.82, 2.24) is 5.32 Å². The topological polar surface area (TPSA) is 30.5 Å². The van der Waals surface area contributed by atoms with E-state index in [9.17, 15) is 0 Å². The smallest absolute Gasteiger partial charge is 0.0616 e. The lowest BCUT2D eigenvalue weighted by molar-refractivity contribution is 0.105. The van der Waals surface area contributed by atoms with E-state index < -0.39 is 0 Å². The zero-order chi connectivity index (χ0) is 9.23. The van der Waals surface area contributed by atoms with Crippen molar-refractivity contribution in [2.24, 2.45) is 0 Å². The normalized spacial score (nSPS) is 13.2. The predicted molar refractivity (Wildman–Crippen MR) is 50.5 cm³/mol. The Morgan fingerprint density at radius 2 is 2.08 bits per heavy atom. The zero-order valence-corrected chi connectivity index (χ0v) is 8.43. The molecule has 1 atom stereocenters. The van der Waals surface area contributed by atoms with Crippen LogP contribution in [0.4, 0.5) is 0 Å². The fraction of sp³-hybridized carbons (Fsp3) is 1.00. The number of hydrogen-bond acceptors (Lipinski definition) is 3. The van der Waals surface area contributed by atoms with E-state index in [0.717, 1.165) is 32.7 Å². The van der Waals surface area contributed by atoms with E-state index in [1.165, 1.54) is 0 Å². The first-order chi connectivity index (χ1) is 5.85. The van der Waals surface area contributed by atoms with Crippen molar-refractivity contribution in [3.63, 3.8) is 0 Å². The highest BCUT2D eigenvalue weighted by Crippen LogP contribution is 1.93. The number of nitrogens with one attached hydrogen (secondary N) is 1. The number of methoxy groups -OCH3 is 1. The summed E-state index contributed by atoms with van der Waals surface area (Å²) in [6.07, 6.45) is 2.11. The number of ether oxygens (including phenoxy) is 2. The Kier molecular flexibility index (Phi) is 8.88. The molecular formula is C9H21NO2. The summed E-state index contributed by atoms with van der Waals surface area (Å²) in [5.41, 5.74) is 0. The maximum absolute atomic E-state index is 5.37. The van der Waals surface area contributed by atoms with Crippen LogP contribution in [-0.4, -0.2) is 40.0 Å². The Morgan fingerprint density at radius 1 is 1.33 bits per heavy atom. The molecule has 3 nitrogen and oxygen atoms in total. The fourth-order valence-corrected chi connectivity index (χ4v) is 0.984. The molecule has 1 unspecified atom stereocenters. The van der Waals surface area contributed by atoms with E-state index in [1.807, 2.05) is 7.05 Å². The van der Waals surface area contributed by atoms with E-state index in [1.54, 1.807) is 7.11 Å². The highest BCUT2D eigenvalue weighted by molar-refractivity contribution is 4.61. The van der Waals surface area contributed by atoms with Gasteiger partial charge in [0.1, 0.15) is 0 Å². The van der Waals surface area contributed by atoms with Gasteiger partial charge in [0.15, 0.2) is 0 Å². The predicted octanol–water partition coefficient (Wildman–Crippen LogP) is 1.04. The van der Waals surface area contributed by atoms with E-state index in [4.69, 9.17) is 9.47 Å². The molecule has 0 fully saturated rings. The van der Waals surface area contributed by atoms with Gasteiger partial charge in [-0.25, -0.2) is 0 Å². The van der Waals surface area contributed by atoms with Gasteiger partial charge in [-0.05, 0) is 19.9 Å². The highest BCUT2D eigenvalue weighted by Gasteiger charge is 2.03. The van der Waals surface area contributed by atoms with Crippen molar-refractivity contribution in [2.45, 2.75) is 25.8 Å². The summed E-state index contributed by atoms with van der Waals surface area (Å²) in [5.74, 6) is 0. The van der Waals surface area contributed by atoms with Gasteiger partial charge in [0, 0.05) is 26.4 Å². The van der Waals surface area contributed by atoms with Crippen LogP contribution in [0, 0.1) is 0 Å². The van der Waals surface area contributed by atoms with Gasteiger partial charge in [0.05, 0.1) is 6.61 Å². The van der Waals surface area contributed by atoms with Gasteiger partial charge in [0.25, 0.3) is 0 Å². The molecule has 0 amide bonds. The molecule has 74 valence electrons. The molecular weight excluding hydrogens is 154 g/mol. The Bertz CT molecular complexity index is 88.6. The van der Waals surface area contributed by atoms with Crippen molar-refractivity contribution < 1.29 is 9.47 Å². The van der Waals surface area contributed by atoms with Crippen molar-refractivity contribution in [3.8, 4) is 0 Å². The van der Waals surface area contributed by atoms with Gasteiger partial charge in [-0.3, -0.25) is 0 Å². The zero-order valence-electron chi connectivity index (χ0n) is 8.43. The third-order valence-electron chi connectivity index (χ3n) is 1.74. The molecule has 0 saturated carbocycles. The lowest BCUT2D eigenvalue weighted by Crippen LogP contribution is -2.31. The number of rotatable bonds is 8. The Balaban J connectivity index is 3.19. The van der Waals surface area contributed by atoms with Gasteiger partial charge in [0.2, 0.25) is 0 Å². The molecule has 0 aliphatic rings. The van der Waals surface area contributed by atoms with Gasteiger partial charge in [-0.2, -0.15) is 0 Å². The molecule has 0 heterocycles. The summed E-state index contributed by atoms with van der Waals surface area (Å²) in [5, 5.41) is 3.17. The molecule has 0 aromatic heterocycles. The summed E-state index contributed by atoms with van der Waals surface area (Å²) in [6.45, 7) is 4.56. The second kappa shape index (κ2) is 8.97. The van der Waals surface area contributed by atoms with Crippen molar-refractivity contribution in [1.29, 1.82) is 0 Å². The summed E-state index contributed by atoms with van der Waals surface area (Å²) in [4.78, 5) is 0. The molecule has 0 aromatic carbocycles. The fourth-order valence-electron chi connectivity index (χ4n) is 0.984. The van der Waals surface area contributed by atoms with Crippen LogP contribution in [-0.2, 0) is 9.47 Å². The molecule has 1 N–H and O–H groups in total. The van der Waals surface area contributed by atoms with Crippen molar-refractivity contribution in [3.05, 3.63) is 0 Å². The van der Waals surface area contributed by atoms with E-state index in [2.05, 4.69) is 12.2 Å². The van der Waals surface area contributed by atoms with Crippen LogP contribution in [0.1, 0.15) is 19.8 Å². The lowest BCUT2D eigenvalue weighted by atomic mass is 10.2. The van der Waals surface area contributed by atoms with Crippen molar-refractivity contribution >= 4 is 0 Å². The van der Waals surface area contributed by atoms with Gasteiger partial charge in [-0.15, -0.1) is 0 Å². The standard InChI is InChI=1S/C9H21NO2/c1-4-6-12-7-5-9(10-2)8-11-3/h9-10H,4-8H2,1-3H3. The van der Waals surface area contributed by atoms with E-state index >= 15 is 0 Å². The Labute approximate surface area is 75.4 Å². The third-order valence-corrected chi connectivity index (χ3v) is 1.74. The molecule has 0 saturated heterocycles. The molecule has 0 rings (SSSR count). The average Bonchev–Trinajstić information content (AvgIpc) is 2.10. The average molecular weight is 175 g/mol. The maximum Gasteiger partial charge on any atom is 0.0616 e.